The Morgan fingerprint density at radius 3 is 2.33 bits per heavy atom. The van der Waals surface area contributed by atoms with E-state index < -0.39 is 0 Å². The molecular weight excluding hydrogens is 276 g/mol. The van der Waals surface area contributed by atoms with E-state index in [-0.39, 0.29) is 13.2 Å². The maximum Gasteiger partial charge on any atom is 0.264 e. The van der Waals surface area contributed by atoms with Crippen molar-refractivity contribution in [3.05, 3.63) is 29.4 Å². The van der Waals surface area contributed by atoms with Crippen molar-refractivity contribution in [1.82, 2.24) is 10.1 Å². The summed E-state index contributed by atoms with van der Waals surface area (Å²) in [6, 6.07) is 3.37. The molecule has 1 N–H and O–H groups in total. The molecule has 0 radical (unpaired) electrons. The molecule has 2 rings (SSSR count). The van der Waals surface area contributed by atoms with Crippen LogP contribution in [-0.2, 0) is 19.6 Å². The fourth-order valence-electron chi connectivity index (χ4n) is 1.79. The number of aryl methyl sites for hydroxylation is 1. The zero-order chi connectivity index (χ0) is 15.2. The Bertz CT molecular complexity index is 572. The number of aliphatic hydroxyl groups excluding tert-OH is 1. The molecule has 0 saturated carbocycles. The van der Waals surface area contributed by atoms with Crippen LogP contribution >= 0.6 is 0 Å². The van der Waals surface area contributed by atoms with E-state index in [1.807, 2.05) is 6.92 Å². The lowest BCUT2D eigenvalue weighted by atomic mass is 10.2. The first-order valence-corrected chi connectivity index (χ1v) is 6.51. The second-order valence-electron chi connectivity index (χ2n) is 4.23. The number of rotatable bonds is 7. The minimum atomic E-state index is -0.115. The van der Waals surface area contributed by atoms with Gasteiger partial charge in [0, 0.05) is 6.42 Å². The van der Waals surface area contributed by atoms with Crippen molar-refractivity contribution in [3.63, 3.8) is 0 Å². The summed E-state index contributed by atoms with van der Waals surface area (Å²) in [5.74, 6) is 2.36. The minimum Gasteiger partial charge on any atom is -0.493 e. The standard InChI is InChI=1S/C14H18N2O5/c1-4-12-15-13(21-16-12)8-20-14-10(18-2)5-9(7-17)6-11(14)19-3/h5-6,17H,4,7-8H2,1-3H3. The average Bonchev–Trinajstić information content (AvgIpc) is 2.99. The largest absolute Gasteiger partial charge is 0.493 e. The summed E-state index contributed by atoms with van der Waals surface area (Å²) in [4.78, 5) is 4.16. The molecule has 114 valence electrons. The number of nitrogens with zero attached hydrogens (tertiary/aromatic N) is 2. The number of hydrogen-bond acceptors (Lipinski definition) is 7. The van der Waals surface area contributed by atoms with Crippen LogP contribution in [0.4, 0.5) is 0 Å². The summed E-state index contributed by atoms with van der Waals surface area (Å²) in [6.07, 6.45) is 0.696. The molecule has 0 unspecified atom stereocenters. The number of ether oxygens (including phenoxy) is 3. The third kappa shape index (κ3) is 3.43. The van der Waals surface area contributed by atoms with Crippen molar-refractivity contribution < 1.29 is 23.8 Å². The van der Waals surface area contributed by atoms with E-state index in [0.29, 0.717) is 40.9 Å². The zero-order valence-corrected chi connectivity index (χ0v) is 12.3. The van der Waals surface area contributed by atoms with Crippen molar-refractivity contribution in [2.75, 3.05) is 14.2 Å². The molecule has 1 heterocycles. The second kappa shape index (κ2) is 6.94. The highest BCUT2D eigenvalue weighted by Gasteiger charge is 2.15. The molecule has 0 saturated heterocycles. The number of hydrogen-bond donors (Lipinski definition) is 1. The SMILES string of the molecule is CCc1noc(COc2c(OC)cc(CO)cc2OC)n1. The lowest BCUT2D eigenvalue weighted by molar-refractivity contribution is 0.222. The van der Waals surface area contributed by atoms with Gasteiger partial charge in [-0.15, -0.1) is 0 Å². The molecule has 0 aliphatic carbocycles. The summed E-state index contributed by atoms with van der Waals surface area (Å²) < 4.78 is 21.3. The smallest absolute Gasteiger partial charge is 0.264 e. The summed E-state index contributed by atoms with van der Waals surface area (Å²) in [5.41, 5.74) is 0.669. The quantitative estimate of drug-likeness (QED) is 0.831. The van der Waals surface area contributed by atoms with Crippen LogP contribution in [0.15, 0.2) is 16.7 Å². The number of aromatic nitrogens is 2. The minimum absolute atomic E-state index is 0.109. The van der Waals surface area contributed by atoms with Crippen LogP contribution in [0.2, 0.25) is 0 Å². The van der Waals surface area contributed by atoms with Crippen LogP contribution in [0.3, 0.4) is 0 Å². The second-order valence-corrected chi connectivity index (χ2v) is 4.23. The first-order valence-electron chi connectivity index (χ1n) is 6.51. The van der Waals surface area contributed by atoms with Crippen LogP contribution in [0.25, 0.3) is 0 Å². The van der Waals surface area contributed by atoms with Gasteiger partial charge in [-0.25, -0.2) is 0 Å². The molecule has 0 fully saturated rings. The Hall–Kier alpha value is -2.28. The summed E-state index contributed by atoms with van der Waals surface area (Å²) in [6.45, 7) is 1.93. The molecular formula is C14H18N2O5. The highest BCUT2D eigenvalue weighted by atomic mass is 16.5. The number of methoxy groups -OCH3 is 2. The third-order valence-corrected chi connectivity index (χ3v) is 2.87. The Morgan fingerprint density at radius 1 is 1.19 bits per heavy atom. The van der Waals surface area contributed by atoms with E-state index in [9.17, 15) is 5.11 Å². The lowest BCUT2D eigenvalue weighted by Gasteiger charge is -2.14. The van der Waals surface area contributed by atoms with Gasteiger partial charge in [0.15, 0.2) is 23.9 Å². The Morgan fingerprint density at radius 2 is 1.86 bits per heavy atom. The van der Waals surface area contributed by atoms with Crippen molar-refractivity contribution >= 4 is 0 Å². The summed E-state index contributed by atoms with van der Waals surface area (Å²) in [7, 11) is 3.04. The van der Waals surface area contributed by atoms with Gasteiger partial charge in [0.2, 0.25) is 5.75 Å². The van der Waals surface area contributed by atoms with Crippen LogP contribution in [0, 0.1) is 0 Å². The fourth-order valence-corrected chi connectivity index (χ4v) is 1.79. The average molecular weight is 294 g/mol. The molecule has 1 aromatic carbocycles. The van der Waals surface area contributed by atoms with E-state index >= 15 is 0 Å². The summed E-state index contributed by atoms with van der Waals surface area (Å²) >= 11 is 0. The van der Waals surface area contributed by atoms with Crippen molar-refractivity contribution in [3.8, 4) is 17.2 Å². The van der Waals surface area contributed by atoms with Gasteiger partial charge in [-0.05, 0) is 17.7 Å². The van der Waals surface area contributed by atoms with Gasteiger partial charge >= 0.3 is 0 Å². The van der Waals surface area contributed by atoms with Crippen LogP contribution in [0.1, 0.15) is 24.2 Å². The number of aliphatic hydroxyl groups is 1. The molecule has 0 bridgehead atoms. The Kier molecular flexibility index (Phi) is 4.99. The van der Waals surface area contributed by atoms with E-state index in [1.165, 1.54) is 14.2 Å². The predicted octanol–water partition coefficient (Wildman–Crippen LogP) is 1.72. The molecule has 0 spiro atoms. The maximum atomic E-state index is 9.22. The molecule has 0 amide bonds. The number of benzene rings is 1. The van der Waals surface area contributed by atoms with Gasteiger partial charge in [-0.3, -0.25) is 0 Å². The van der Waals surface area contributed by atoms with E-state index in [1.54, 1.807) is 12.1 Å². The molecule has 0 aliphatic heterocycles. The lowest BCUT2D eigenvalue weighted by Crippen LogP contribution is -2.01. The molecule has 7 heteroatoms. The van der Waals surface area contributed by atoms with Crippen LogP contribution < -0.4 is 14.2 Å². The summed E-state index contributed by atoms with van der Waals surface area (Å²) in [5, 5.41) is 13.0. The molecule has 2 aromatic rings. The fraction of sp³-hybridized carbons (Fsp3) is 0.429. The first kappa shape index (κ1) is 15.1. The highest BCUT2D eigenvalue weighted by molar-refractivity contribution is 5.53. The first-order chi connectivity index (χ1) is 10.2. The van der Waals surface area contributed by atoms with Gasteiger partial charge in [0.05, 0.1) is 20.8 Å². The normalized spacial score (nSPS) is 10.5. The van der Waals surface area contributed by atoms with Gasteiger partial charge in [-0.1, -0.05) is 12.1 Å². The molecule has 7 nitrogen and oxygen atoms in total. The molecule has 1 aromatic heterocycles. The predicted molar refractivity (Wildman–Crippen MR) is 73.5 cm³/mol. The zero-order valence-electron chi connectivity index (χ0n) is 12.3. The van der Waals surface area contributed by atoms with E-state index in [0.717, 1.165) is 0 Å². The monoisotopic (exact) mass is 294 g/mol. The molecule has 21 heavy (non-hydrogen) atoms. The van der Waals surface area contributed by atoms with Gasteiger partial charge in [0.1, 0.15) is 0 Å². The van der Waals surface area contributed by atoms with Crippen LogP contribution in [0.5, 0.6) is 17.2 Å². The van der Waals surface area contributed by atoms with Crippen LogP contribution in [-0.4, -0.2) is 29.5 Å². The molecule has 0 aliphatic rings. The Balaban J connectivity index is 2.21. The van der Waals surface area contributed by atoms with Gasteiger partial charge in [0.25, 0.3) is 5.89 Å². The van der Waals surface area contributed by atoms with E-state index in [4.69, 9.17) is 18.7 Å². The molecule has 0 atom stereocenters. The highest BCUT2D eigenvalue weighted by Crippen LogP contribution is 2.39. The Labute approximate surface area is 122 Å². The van der Waals surface area contributed by atoms with E-state index in [2.05, 4.69) is 10.1 Å². The van der Waals surface area contributed by atoms with Gasteiger partial charge < -0.3 is 23.8 Å². The topological polar surface area (TPSA) is 86.8 Å². The van der Waals surface area contributed by atoms with Crippen molar-refractivity contribution in [2.45, 2.75) is 26.6 Å². The third-order valence-electron chi connectivity index (χ3n) is 2.87. The van der Waals surface area contributed by atoms with Crippen molar-refractivity contribution in [1.29, 1.82) is 0 Å². The van der Waals surface area contributed by atoms with Crippen molar-refractivity contribution in [2.24, 2.45) is 0 Å². The van der Waals surface area contributed by atoms with Gasteiger partial charge in [-0.2, -0.15) is 4.98 Å². The maximum absolute atomic E-state index is 9.22.